The maximum atomic E-state index is 5.90. The predicted octanol–water partition coefficient (Wildman–Crippen LogP) is 2.63. The number of hydrogen-bond acceptors (Lipinski definition) is 7. The molecule has 3 aromatic rings. The van der Waals surface area contributed by atoms with Crippen molar-refractivity contribution in [2.24, 2.45) is 13.0 Å². The molecule has 3 aromatic heterocycles. The fourth-order valence-electron chi connectivity index (χ4n) is 3.87. The van der Waals surface area contributed by atoms with Crippen molar-refractivity contribution in [1.29, 1.82) is 0 Å². The van der Waals surface area contributed by atoms with Crippen molar-refractivity contribution in [2.45, 2.75) is 38.5 Å². The minimum Gasteiger partial charge on any atom is -0.476 e. The number of hydrogen-bond donors (Lipinski definition) is 0. The third kappa shape index (κ3) is 3.39. The topological polar surface area (TPSA) is 81.9 Å². The summed E-state index contributed by atoms with van der Waals surface area (Å²) >= 11 is 0. The number of ether oxygens (including phenoxy) is 1. The SMILES string of the molecule is Cc1nc(N2CCC(COc3ccc(C4CC4)nn3)CC2)c2cnn(C)c2n1. The molecule has 1 saturated heterocycles. The van der Waals surface area contributed by atoms with E-state index >= 15 is 0 Å². The molecular formula is C20H25N7O. The van der Waals surface area contributed by atoms with Gasteiger partial charge in [-0.1, -0.05) is 0 Å². The highest BCUT2D eigenvalue weighted by Crippen LogP contribution is 2.38. The highest BCUT2D eigenvalue weighted by Gasteiger charge is 2.26. The number of anilines is 1. The Morgan fingerprint density at radius 2 is 1.89 bits per heavy atom. The van der Waals surface area contributed by atoms with Gasteiger partial charge in [0.25, 0.3) is 0 Å². The number of aryl methyl sites for hydroxylation is 2. The molecule has 1 aliphatic heterocycles. The summed E-state index contributed by atoms with van der Waals surface area (Å²) in [6.07, 6.45) is 6.48. The normalized spacial score (nSPS) is 18.0. The summed E-state index contributed by atoms with van der Waals surface area (Å²) < 4.78 is 7.71. The summed E-state index contributed by atoms with van der Waals surface area (Å²) in [6.45, 7) is 4.55. The van der Waals surface area contributed by atoms with E-state index < -0.39 is 0 Å². The average molecular weight is 379 g/mol. The number of aromatic nitrogens is 6. The molecule has 4 heterocycles. The van der Waals surface area contributed by atoms with Gasteiger partial charge in [-0.25, -0.2) is 9.97 Å². The molecule has 1 saturated carbocycles. The number of fused-ring (bicyclic) bond motifs is 1. The lowest BCUT2D eigenvalue weighted by Gasteiger charge is -2.32. The molecule has 2 aliphatic rings. The van der Waals surface area contributed by atoms with Gasteiger partial charge in [0.1, 0.15) is 11.6 Å². The first kappa shape index (κ1) is 17.3. The van der Waals surface area contributed by atoms with Crippen LogP contribution in [0, 0.1) is 12.8 Å². The first-order chi connectivity index (χ1) is 13.7. The second-order valence-electron chi connectivity index (χ2n) is 7.91. The quantitative estimate of drug-likeness (QED) is 0.674. The van der Waals surface area contributed by atoms with Crippen LogP contribution in [0.2, 0.25) is 0 Å². The van der Waals surface area contributed by atoms with Gasteiger partial charge in [0.15, 0.2) is 5.65 Å². The predicted molar refractivity (Wildman–Crippen MR) is 105 cm³/mol. The van der Waals surface area contributed by atoms with E-state index in [1.54, 1.807) is 0 Å². The molecule has 1 aliphatic carbocycles. The van der Waals surface area contributed by atoms with Crippen LogP contribution >= 0.6 is 0 Å². The van der Waals surface area contributed by atoms with Crippen LogP contribution in [-0.4, -0.2) is 49.6 Å². The molecule has 146 valence electrons. The molecule has 2 fully saturated rings. The molecule has 8 heteroatoms. The van der Waals surface area contributed by atoms with Gasteiger partial charge < -0.3 is 9.64 Å². The summed E-state index contributed by atoms with van der Waals surface area (Å²) in [5, 5.41) is 13.9. The van der Waals surface area contributed by atoms with Gasteiger partial charge in [0, 0.05) is 32.1 Å². The van der Waals surface area contributed by atoms with Gasteiger partial charge in [-0.3, -0.25) is 4.68 Å². The zero-order valence-corrected chi connectivity index (χ0v) is 16.4. The Morgan fingerprint density at radius 1 is 1.07 bits per heavy atom. The van der Waals surface area contributed by atoms with Crippen LogP contribution < -0.4 is 9.64 Å². The molecule has 0 amide bonds. The smallest absolute Gasteiger partial charge is 0.233 e. The zero-order valence-electron chi connectivity index (χ0n) is 16.4. The summed E-state index contributed by atoms with van der Waals surface area (Å²) in [5.74, 6) is 3.56. The third-order valence-corrected chi connectivity index (χ3v) is 5.72. The molecule has 28 heavy (non-hydrogen) atoms. The Balaban J connectivity index is 1.19. The minimum atomic E-state index is 0.522. The van der Waals surface area contributed by atoms with E-state index in [1.807, 2.05) is 30.9 Å². The van der Waals surface area contributed by atoms with Crippen molar-refractivity contribution in [1.82, 2.24) is 29.9 Å². The van der Waals surface area contributed by atoms with Gasteiger partial charge >= 0.3 is 0 Å². The van der Waals surface area contributed by atoms with Gasteiger partial charge in [0.05, 0.1) is 23.9 Å². The zero-order chi connectivity index (χ0) is 19.1. The Kier molecular flexibility index (Phi) is 4.33. The van der Waals surface area contributed by atoms with Crippen molar-refractivity contribution in [3.63, 3.8) is 0 Å². The highest BCUT2D eigenvalue weighted by atomic mass is 16.5. The molecule has 0 unspecified atom stereocenters. The second kappa shape index (κ2) is 7.00. The van der Waals surface area contributed by atoms with E-state index in [2.05, 4.69) is 31.2 Å². The molecule has 0 aromatic carbocycles. The monoisotopic (exact) mass is 379 g/mol. The first-order valence-corrected chi connectivity index (χ1v) is 10.0. The average Bonchev–Trinajstić information content (AvgIpc) is 3.51. The largest absolute Gasteiger partial charge is 0.476 e. The van der Waals surface area contributed by atoms with Gasteiger partial charge in [-0.15, -0.1) is 5.10 Å². The van der Waals surface area contributed by atoms with E-state index in [0.717, 1.165) is 54.3 Å². The van der Waals surface area contributed by atoms with Crippen LogP contribution in [0.4, 0.5) is 5.82 Å². The van der Waals surface area contributed by atoms with Crippen molar-refractivity contribution in [3.8, 4) is 5.88 Å². The van der Waals surface area contributed by atoms with E-state index in [-0.39, 0.29) is 0 Å². The third-order valence-electron chi connectivity index (χ3n) is 5.72. The van der Waals surface area contributed by atoms with Crippen LogP contribution in [0.1, 0.15) is 43.1 Å². The van der Waals surface area contributed by atoms with Crippen LogP contribution in [0.15, 0.2) is 18.3 Å². The summed E-state index contributed by atoms with van der Waals surface area (Å²) in [4.78, 5) is 11.6. The molecule has 0 N–H and O–H groups in total. The van der Waals surface area contributed by atoms with E-state index in [1.165, 1.54) is 12.8 Å². The Morgan fingerprint density at radius 3 is 2.61 bits per heavy atom. The Labute approximate surface area is 164 Å². The lowest BCUT2D eigenvalue weighted by Crippen LogP contribution is -2.36. The standard InChI is InChI=1S/C20H25N7O/c1-13-22-19-16(11-21-26(19)2)20(23-13)27-9-7-14(8-10-27)12-28-18-6-5-17(24-25-18)15-3-4-15/h5-6,11,14-15H,3-4,7-10,12H2,1-2H3. The Hall–Kier alpha value is -2.77. The molecule has 0 bridgehead atoms. The second-order valence-corrected chi connectivity index (χ2v) is 7.91. The van der Waals surface area contributed by atoms with Gasteiger partial charge in [-0.05, 0) is 44.6 Å². The molecule has 8 nitrogen and oxygen atoms in total. The number of piperidine rings is 1. The maximum absolute atomic E-state index is 5.90. The van der Waals surface area contributed by atoms with E-state index in [9.17, 15) is 0 Å². The Bertz CT molecular complexity index is 972. The van der Waals surface area contributed by atoms with Crippen molar-refractivity contribution in [3.05, 3.63) is 29.8 Å². The fourth-order valence-corrected chi connectivity index (χ4v) is 3.87. The summed E-state index contributed by atoms with van der Waals surface area (Å²) in [7, 11) is 1.92. The van der Waals surface area contributed by atoms with Crippen molar-refractivity contribution in [2.75, 3.05) is 24.6 Å². The fraction of sp³-hybridized carbons (Fsp3) is 0.550. The van der Waals surface area contributed by atoms with Crippen LogP contribution in [0.5, 0.6) is 5.88 Å². The number of rotatable bonds is 5. The summed E-state index contributed by atoms with van der Waals surface area (Å²) in [5.41, 5.74) is 1.99. The molecule has 0 spiro atoms. The van der Waals surface area contributed by atoms with Crippen LogP contribution in [0.25, 0.3) is 11.0 Å². The first-order valence-electron chi connectivity index (χ1n) is 10.0. The van der Waals surface area contributed by atoms with Gasteiger partial charge in [0.2, 0.25) is 5.88 Å². The summed E-state index contributed by atoms with van der Waals surface area (Å²) in [6, 6.07) is 4.01. The molecule has 0 radical (unpaired) electrons. The van der Waals surface area contributed by atoms with E-state index in [4.69, 9.17) is 9.72 Å². The van der Waals surface area contributed by atoms with Crippen molar-refractivity contribution >= 4 is 16.9 Å². The maximum Gasteiger partial charge on any atom is 0.233 e. The van der Waals surface area contributed by atoms with Crippen LogP contribution in [0.3, 0.4) is 0 Å². The molecule has 0 atom stereocenters. The van der Waals surface area contributed by atoms with Gasteiger partial charge in [-0.2, -0.15) is 10.2 Å². The highest BCUT2D eigenvalue weighted by molar-refractivity contribution is 5.87. The lowest BCUT2D eigenvalue weighted by atomic mass is 9.97. The van der Waals surface area contributed by atoms with Crippen LogP contribution in [-0.2, 0) is 7.05 Å². The van der Waals surface area contributed by atoms with Crippen molar-refractivity contribution < 1.29 is 4.74 Å². The number of nitrogens with zero attached hydrogens (tertiary/aromatic N) is 7. The van der Waals surface area contributed by atoms with E-state index in [0.29, 0.717) is 24.3 Å². The molecule has 5 rings (SSSR count). The lowest BCUT2D eigenvalue weighted by molar-refractivity contribution is 0.214. The minimum absolute atomic E-state index is 0.522. The molecular weight excluding hydrogens is 354 g/mol.